The molecule has 0 unspecified atom stereocenters. The summed E-state index contributed by atoms with van der Waals surface area (Å²) in [7, 11) is 0. The molecular weight excluding hydrogens is 317 g/mol. The Hall–Kier alpha value is -2.98. The van der Waals surface area contributed by atoms with Crippen LogP contribution in [0.15, 0.2) is 24.3 Å². The maximum absolute atomic E-state index is 12.7. The molecule has 0 saturated carbocycles. The standard InChI is InChI=1S/C12H11F3N6O2/c13-12(14,15)8-3-1-2-7(4-8)11-18-20-21(19-11)6-10(23)17-5-9(16)22/h1-4H,5-6H2,(H2,16,22)(H,17,23). The SMILES string of the molecule is NC(=O)CNC(=O)Cn1nnc(-c2cccc(C(F)(F)F)c2)n1. The van der Waals surface area contributed by atoms with E-state index >= 15 is 0 Å². The van der Waals surface area contributed by atoms with Gasteiger partial charge in [0.25, 0.3) is 0 Å². The predicted molar refractivity (Wildman–Crippen MR) is 70.5 cm³/mol. The van der Waals surface area contributed by atoms with Crippen LogP contribution in [0, 0.1) is 0 Å². The van der Waals surface area contributed by atoms with Crippen LogP contribution < -0.4 is 11.1 Å². The summed E-state index contributed by atoms with van der Waals surface area (Å²) in [5.74, 6) is -1.36. The number of carbonyl (C=O) groups is 2. The number of benzene rings is 1. The van der Waals surface area contributed by atoms with Crippen molar-refractivity contribution in [3.8, 4) is 11.4 Å². The van der Waals surface area contributed by atoms with Crippen LogP contribution in [0.25, 0.3) is 11.4 Å². The van der Waals surface area contributed by atoms with Gasteiger partial charge >= 0.3 is 6.18 Å². The molecular formula is C12H11F3N6O2. The summed E-state index contributed by atoms with van der Waals surface area (Å²) >= 11 is 0. The third kappa shape index (κ3) is 4.49. The Morgan fingerprint density at radius 3 is 2.70 bits per heavy atom. The topological polar surface area (TPSA) is 116 Å². The molecule has 0 bridgehead atoms. The fourth-order valence-corrected chi connectivity index (χ4v) is 1.63. The van der Waals surface area contributed by atoms with Gasteiger partial charge in [-0.2, -0.15) is 18.0 Å². The lowest BCUT2D eigenvalue weighted by molar-refractivity contribution is -0.137. The van der Waals surface area contributed by atoms with Crippen LogP contribution in [0.3, 0.4) is 0 Å². The van der Waals surface area contributed by atoms with Gasteiger partial charge in [-0.3, -0.25) is 9.59 Å². The van der Waals surface area contributed by atoms with E-state index in [2.05, 4.69) is 20.7 Å². The summed E-state index contributed by atoms with van der Waals surface area (Å²) in [6.45, 7) is -0.687. The van der Waals surface area contributed by atoms with Gasteiger partial charge in [0, 0.05) is 5.56 Å². The average molecular weight is 328 g/mol. The number of nitrogens with one attached hydrogen (secondary N) is 1. The number of aromatic nitrogens is 4. The lowest BCUT2D eigenvalue weighted by Gasteiger charge is -2.06. The summed E-state index contributed by atoms with van der Waals surface area (Å²) < 4.78 is 38.0. The third-order valence-corrected chi connectivity index (χ3v) is 2.65. The number of halogens is 3. The Morgan fingerprint density at radius 1 is 1.30 bits per heavy atom. The molecule has 0 spiro atoms. The molecule has 11 heteroatoms. The van der Waals surface area contributed by atoms with Crippen molar-refractivity contribution >= 4 is 11.8 Å². The van der Waals surface area contributed by atoms with E-state index in [0.29, 0.717) is 0 Å². The van der Waals surface area contributed by atoms with E-state index in [1.54, 1.807) is 0 Å². The molecule has 2 rings (SSSR count). The van der Waals surface area contributed by atoms with Crippen molar-refractivity contribution in [3.63, 3.8) is 0 Å². The fraction of sp³-hybridized carbons (Fsp3) is 0.250. The Labute approximate surface area is 127 Å². The molecule has 1 aromatic carbocycles. The van der Waals surface area contributed by atoms with E-state index in [4.69, 9.17) is 5.73 Å². The molecule has 0 atom stereocenters. The number of amides is 2. The van der Waals surface area contributed by atoms with Gasteiger partial charge in [-0.05, 0) is 17.3 Å². The minimum atomic E-state index is -4.49. The monoisotopic (exact) mass is 328 g/mol. The Bertz CT molecular complexity index is 728. The van der Waals surface area contributed by atoms with E-state index < -0.39 is 23.6 Å². The first-order chi connectivity index (χ1) is 10.8. The van der Waals surface area contributed by atoms with Crippen molar-refractivity contribution in [1.82, 2.24) is 25.5 Å². The summed E-state index contributed by atoms with van der Waals surface area (Å²) in [5.41, 5.74) is 4.14. The summed E-state index contributed by atoms with van der Waals surface area (Å²) in [4.78, 5) is 22.9. The number of rotatable bonds is 5. The number of nitrogens with zero attached hydrogens (tertiary/aromatic N) is 4. The summed E-state index contributed by atoms with van der Waals surface area (Å²) in [5, 5.41) is 13.2. The average Bonchev–Trinajstić information content (AvgIpc) is 2.93. The smallest absolute Gasteiger partial charge is 0.368 e. The molecule has 1 aromatic heterocycles. The zero-order valence-corrected chi connectivity index (χ0v) is 11.5. The number of hydrogen-bond acceptors (Lipinski definition) is 5. The predicted octanol–water partition coefficient (Wildman–Crippen LogP) is -0.0396. The number of tetrazole rings is 1. The Balaban J connectivity index is 2.10. The molecule has 122 valence electrons. The maximum atomic E-state index is 12.7. The minimum Gasteiger partial charge on any atom is -0.368 e. The second-order valence-corrected chi connectivity index (χ2v) is 4.47. The number of carbonyl (C=O) groups excluding carboxylic acids is 2. The normalized spacial score (nSPS) is 11.3. The number of nitrogens with two attached hydrogens (primary N) is 1. The van der Waals surface area contributed by atoms with E-state index in [9.17, 15) is 22.8 Å². The van der Waals surface area contributed by atoms with Crippen LogP contribution in [0.1, 0.15) is 5.56 Å². The molecule has 3 N–H and O–H groups in total. The first kappa shape index (κ1) is 16.4. The lowest BCUT2D eigenvalue weighted by Crippen LogP contribution is -2.35. The highest BCUT2D eigenvalue weighted by Gasteiger charge is 2.30. The highest BCUT2D eigenvalue weighted by molar-refractivity contribution is 5.83. The van der Waals surface area contributed by atoms with Crippen LogP contribution in [0.5, 0.6) is 0 Å². The lowest BCUT2D eigenvalue weighted by atomic mass is 10.1. The van der Waals surface area contributed by atoms with Gasteiger partial charge in [-0.25, -0.2) is 0 Å². The minimum absolute atomic E-state index is 0.0567. The van der Waals surface area contributed by atoms with Crippen LogP contribution in [0.4, 0.5) is 13.2 Å². The van der Waals surface area contributed by atoms with Gasteiger partial charge < -0.3 is 11.1 Å². The molecule has 2 aromatic rings. The van der Waals surface area contributed by atoms with Crippen LogP contribution >= 0.6 is 0 Å². The number of alkyl halides is 3. The largest absolute Gasteiger partial charge is 0.416 e. The highest BCUT2D eigenvalue weighted by Crippen LogP contribution is 2.31. The molecule has 8 nitrogen and oxygen atoms in total. The Morgan fingerprint density at radius 2 is 2.04 bits per heavy atom. The van der Waals surface area contributed by atoms with Gasteiger partial charge in [0.15, 0.2) is 0 Å². The molecule has 0 aliphatic carbocycles. The van der Waals surface area contributed by atoms with Crippen LogP contribution in [0.2, 0.25) is 0 Å². The van der Waals surface area contributed by atoms with Crippen LogP contribution in [-0.2, 0) is 22.3 Å². The molecule has 0 fully saturated rings. The molecule has 23 heavy (non-hydrogen) atoms. The number of primary amides is 1. The van der Waals surface area contributed by atoms with E-state index in [0.717, 1.165) is 16.9 Å². The van der Waals surface area contributed by atoms with Gasteiger partial charge in [0.2, 0.25) is 17.6 Å². The van der Waals surface area contributed by atoms with Crippen molar-refractivity contribution in [1.29, 1.82) is 0 Å². The molecule has 0 radical (unpaired) electrons. The third-order valence-electron chi connectivity index (χ3n) is 2.65. The molecule has 2 amide bonds. The first-order valence-corrected chi connectivity index (χ1v) is 6.26. The molecule has 1 heterocycles. The zero-order chi connectivity index (χ0) is 17.0. The van der Waals surface area contributed by atoms with E-state index in [1.165, 1.54) is 12.1 Å². The zero-order valence-electron chi connectivity index (χ0n) is 11.5. The quantitative estimate of drug-likeness (QED) is 0.799. The molecule has 0 saturated heterocycles. The summed E-state index contributed by atoms with van der Waals surface area (Å²) in [6.07, 6.45) is -4.49. The first-order valence-electron chi connectivity index (χ1n) is 6.26. The van der Waals surface area contributed by atoms with Crippen molar-refractivity contribution in [2.75, 3.05) is 6.54 Å². The van der Waals surface area contributed by atoms with E-state index in [1.807, 2.05) is 0 Å². The van der Waals surface area contributed by atoms with Crippen molar-refractivity contribution in [2.45, 2.75) is 12.7 Å². The molecule has 0 aliphatic rings. The Kier molecular flexibility index (Phi) is 4.57. The highest BCUT2D eigenvalue weighted by atomic mass is 19.4. The van der Waals surface area contributed by atoms with Gasteiger partial charge in [0.05, 0.1) is 12.1 Å². The summed E-state index contributed by atoms with van der Waals surface area (Å²) in [6, 6.07) is 4.42. The van der Waals surface area contributed by atoms with Gasteiger partial charge in [0.1, 0.15) is 6.54 Å². The fourth-order valence-electron chi connectivity index (χ4n) is 1.63. The van der Waals surface area contributed by atoms with Crippen molar-refractivity contribution < 1.29 is 22.8 Å². The second kappa shape index (κ2) is 6.42. The van der Waals surface area contributed by atoms with Crippen LogP contribution in [-0.4, -0.2) is 38.6 Å². The number of hydrogen-bond donors (Lipinski definition) is 2. The molecule has 0 aliphatic heterocycles. The maximum Gasteiger partial charge on any atom is 0.416 e. The van der Waals surface area contributed by atoms with Gasteiger partial charge in [-0.15, -0.1) is 10.2 Å². The second-order valence-electron chi connectivity index (χ2n) is 4.47. The van der Waals surface area contributed by atoms with E-state index in [-0.39, 0.29) is 24.5 Å². The van der Waals surface area contributed by atoms with Crippen molar-refractivity contribution in [2.24, 2.45) is 5.73 Å². The van der Waals surface area contributed by atoms with Gasteiger partial charge in [-0.1, -0.05) is 12.1 Å². The van der Waals surface area contributed by atoms with Crippen molar-refractivity contribution in [3.05, 3.63) is 29.8 Å².